The largest absolute Gasteiger partial charge is 0.396 e. The second-order valence-electron chi connectivity index (χ2n) is 4.78. The van der Waals surface area contributed by atoms with Crippen LogP contribution in [0, 0.1) is 11.6 Å². The van der Waals surface area contributed by atoms with Crippen LogP contribution in [0.2, 0.25) is 0 Å². The van der Waals surface area contributed by atoms with Crippen LogP contribution < -0.4 is 11.5 Å². The standard InChI is InChI=1S/C14H17F2N3/c1-7-6-11(18)19(3)8(2)12(7)13-9(15)4-5-10(17)14(13)16/h4-6,8H,17-18H2,1-3H3. The van der Waals surface area contributed by atoms with E-state index in [2.05, 4.69) is 0 Å². The minimum absolute atomic E-state index is 0.0610. The second-order valence-corrected chi connectivity index (χ2v) is 4.78. The predicted molar refractivity (Wildman–Crippen MR) is 72.9 cm³/mol. The molecule has 1 atom stereocenters. The van der Waals surface area contributed by atoms with E-state index in [1.54, 1.807) is 24.9 Å². The van der Waals surface area contributed by atoms with E-state index in [1.807, 2.05) is 6.92 Å². The zero-order chi connectivity index (χ0) is 14.3. The van der Waals surface area contributed by atoms with Gasteiger partial charge in [-0.2, -0.15) is 0 Å². The first-order valence-electron chi connectivity index (χ1n) is 5.99. The predicted octanol–water partition coefficient (Wildman–Crippen LogP) is 2.45. The van der Waals surface area contributed by atoms with Crippen LogP contribution >= 0.6 is 0 Å². The molecule has 102 valence electrons. The van der Waals surface area contributed by atoms with E-state index in [9.17, 15) is 8.78 Å². The minimum Gasteiger partial charge on any atom is -0.396 e. The molecule has 0 radical (unpaired) electrons. The van der Waals surface area contributed by atoms with Gasteiger partial charge in [-0.15, -0.1) is 0 Å². The summed E-state index contributed by atoms with van der Waals surface area (Å²) in [6.07, 6.45) is 1.71. The number of anilines is 1. The van der Waals surface area contributed by atoms with E-state index in [0.29, 0.717) is 11.4 Å². The molecule has 19 heavy (non-hydrogen) atoms. The number of rotatable bonds is 1. The highest BCUT2D eigenvalue weighted by atomic mass is 19.1. The first-order valence-corrected chi connectivity index (χ1v) is 5.99. The summed E-state index contributed by atoms with van der Waals surface area (Å²) in [7, 11) is 1.78. The lowest BCUT2D eigenvalue weighted by Gasteiger charge is -2.34. The van der Waals surface area contributed by atoms with Gasteiger partial charge in [-0.05, 0) is 43.2 Å². The number of hydrogen-bond acceptors (Lipinski definition) is 3. The highest BCUT2D eigenvalue weighted by Gasteiger charge is 2.27. The zero-order valence-corrected chi connectivity index (χ0v) is 11.2. The Hall–Kier alpha value is -2.04. The summed E-state index contributed by atoms with van der Waals surface area (Å²) in [6.45, 7) is 3.63. The quantitative estimate of drug-likeness (QED) is 0.767. The van der Waals surface area contributed by atoms with Crippen LogP contribution in [0.1, 0.15) is 19.4 Å². The molecule has 0 aromatic heterocycles. The third-order valence-electron chi connectivity index (χ3n) is 3.59. The Labute approximate surface area is 111 Å². The van der Waals surface area contributed by atoms with E-state index < -0.39 is 11.6 Å². The van der Waals surface area contributed by atoms with E-state index in [4.69, 9.17) is 11.5 Å². The van der Waals surface area contributed by atoms with Crippen molar-refractivity contribution in [1.29, 1.82) is 0 Å². The lowest BCUT2D eigenvalue weighted by molar-refractivity contribution is 0.369. The smallest absolute Gasteiger partial charge is 0.156 e. The van der Waals surface area contributed by atoms with Gasteiger partial charge in [-0.25, -0.2) is 8.78 Å². The Morgan fingerprint density at radius 3 is 2.47 bits per heavy atom. The lowest BCUT2D eigenvalue weighted by atomic mass is 9.90. The van der Waals surface area contributed by atoms with Crippen LogP contribution in [0.5, 0.6) is 0 Å². The highest BCUT2D eigenvalue weighted by Crippen LogP contribution is 2.35. The summed E-state index contributed by atoms with van der Waals surface area (Å²) in [5, 5.41) is 0. The van der Waals surface area contributed by atoms with Gasteiger partial charge in [0.15, 0.2) is 5.82 Å². The molecule has 1 aliphatic rings. The van der Waals surface area contributed by atoms with Crippen molar-refractivity contribution in [2.45, 2.75) is 19.9 Å². The molecule has 0 aliphatic carbocycles. The third kappa shape index (κ3) is 2.05. The molecule has 0 bridgehead atoms. The Balaban J connectivity index is 2.71. The Morgan fingerprint density at radius 2 is 1.84 bits per heavy atom. The second kappa shape index (κ2) is 4.57. The summed E-state index contributed by atoms with van der Waals surface area (Å²) in [4.78, 5) is 1.77. The van der Waals surface area contributed by atoms with Crippen molar-refractivity contribution in [3.8, 4) is 0 Å². The number of likely N-dealkylation sites (N-methyl/N-ethyl adjacent to an activating group) is 1. The van der Waals surface area contributed by atoms with Crippen molar-refractivity contribution in [2.75, 3.05) is 12.8 Å². The summed E-state index contributed by atoms with van der Waals surface area (Å²) >= 11 is 0. The maximum absolute atomic E-state index is 14.1. The van der Waals surface area contributed by atoms with Crippen LogP contribution in [0.25, 0.3) is 5.57 Å². The van der Waals surface area contributed by atoms with Gasteiger partial charge in [0.25, 0.3) is 0 Å². The van der Waals surface area contributed by atoms with Gasteiger partial charge in [0.1, 0.15) is 5.82 Å². The molecular weight excluding hydrogens is 248 g/mol. The molecule has 0 saturated carbocycles. The Bertz CT molecular complexity index is 591. The molecule has 5 heteroatoms. The van der Waals surface area contributed by atoms with E-state index in [1.165, 1.54) is 12.1 Å². The van der Waals surface area contributed by atoms with Crippen molar-refractivity contribution >= 4 is 11.3 Å². The molecule has 0 amide bonds. The number of allylic oxidation sites excluding steroid dienone is 2. The molecule has 1 aliphatic heterocycles. The van der Waals surface area contributed by atoms with Gasteiger partial charge < -0.3 is 16.4 Å². The number of nitrogens with two attached hydrogens (primary N) is 2. The Kier molecular flexibility index (Phi) is 3.22. The summed E-state index contributed by atoms with van der Waals surface area (Å²) in [5.74, 6) is -0.767. The third-order valence-corrected chi connectivity index (χ3v) is 3.59. The normalized spacial score (nSPS) is 19.7. The molecule has 1 aromatic rings. The van der Waals surface area contributed by atoms with Gasteiger partial charge in [0, 0.05) is 7.05 Å². The molecule has 4 N–H and O–H groups in total. The Morgan fingerprint density at radius 1 is 1.21 bits per heavy atom. The first kappa shape index (κ1) is 13.4. The van der Waals surface area contributed by atoms with Crippen LogP contribution in [0.3, 0.4) is 0 Å². The van der Waals surface area contributed by atoms with Crippen LogP contribution in [0.15, 0.2) is 29.6 Å². The molecule has 1 unspecified atom stereocenters. The van der Waals surface area contributed by atoms with Gasteiger partial charge >= 0.3 is 0 Å². The topological polar surface area (TPSA) is 55.3 Å². The van der Waals surface area contributed by atoms with Crippen molar-refractivity contribution in [1.82, 2.24) is 4.90 Å². The van der Waals surface area contributed by atoms with Crippen LogP contribution in [-0.4, -0.2) is 18.0 Å². The minimum atomic E-state index is -0.719. The van der Waals surface area contributed by atoms with Crippen molar-refractivity contribution in [3.63, 3.8) is 0 Å². The van der Waals surface area contributed by atoms with E-state index in [0.717, 1.165) is 5.57 Å². The molecule has 3 nitrogen and oxygen atoms in total. The lowest BCUT2D eigenvalue weighted by Crippen LogP contribution is -2.36. The van der Waals surface area contributed by atoms with Crippen molar-refractivity contribution in [3.05, 3.63) is 46.8 Å². The molecule has 1 aromatic carbocycles. The van der Waals surface area contributed by atoms with Crippen molar-refractivity contribution in [2.24, 2.45) is 5.73 Å². The molecule has 0 saturated heterocycles. The van der Waals surface area contributed by atoms with E-state index >= 15 is 0 Å². The van der Waals surface area contributed by atoms with Crippen LogP contribution in [-0.2, 0) is 0 Å². The highest BCUT2D eigenvalue weighted by molar-refractivity contribution is 5.78. The van der Waals surface area contributed by atoms with Gasteiger partial charge in [-0.1, -0.05) is 0 Å². The van der Waals surface area contributed by atoms with E-state index in [-0.39, 0.29) is 17.3 Å². The number of nitrogen functional groups attached to an aromatic ring is 1. The SMILES string of the molecule is CC1=C(c2c(F)ccc(N)c2F)C(C)N(C)C(N)=C1. The maximum Gasteiger partial charge on any atom is 0.156 e. The van der Waals surface area contributed by atoms with Gasteiger partial charge in [-0.3, -0.25) is 0 Å². The molecular formula is C14H17F2N3. The van der Waals surface area contributed by atoms with Gasteiger partial charge in [0.05, 0.1) is 23.1 Å². The number of benzene rings is 1. The van der Waals surface area contributed by atoms with Gasteiger partial charge in [0.2, 0.25) is 0 Å². The fourth-order valence-electron chi connectivity index (χ4n) is 2.37. The molecule has 0 spiro atoms. The fourth-order valence-corrected chi connectivity index (χ4v) is 2.37. The first-order chi connectivity index (χ1) is 8.84. The monoisotopic (exact) mass is 265 g/mol. The number of hydrogen-bond donors (Lipinski definition) is 2. The summed E-state index contributed by atoms with van der Waals surface area (Å²) in [6, 6.07) is 2.18. The molecule has 1 heterocycles. The summed E-state index contributed by atoms with van der Waals surface area (Å²) < 4.78 is 28.1. The molecule has 2 rings (SSSR count). The van der Waals surface area contributed by atoms with Crippen molar-refractivity contribution < 1.29 is 8.78 Å². The maximum atomic E-state index is 14.1. The number of halogens is 2. The summed E-state index contributed by atoms with van der Waals surface area (Å²) in [5.41, 5.74) is 12.6. The fraction of sp³-hybridized carbons (Fsp3) is 0.286. The average molecular weight is 265 g/mol. The number of nitrogens with zero attached hydrogens (tertiary/aromatic N) is 1. The van der Waals surface area contributed by atoms with Crippen LogP contribution in [0.4, 0.5) is 14.5 Å². The average Bonchev–Trinajstić information content (AvgIpc) is 2.35. The zero-order valence-electron chi connectivity index (χ0n) is 11.2. The molecule has 0 fully saturated rings.